The molecular formula is C14H13NO2S. The Balaban J connectivity index is 2.35. The highest BCUT2D eigenvalue weighted by atomic mass is 32.1. The van der Waals surface area contributed by atoms with Gasteiger partial charge in [-0.3, -0.25) is 0 Å². The summed E-state index contributed by atoms with van der Waals surface area (Å²) in [5.41, 5.74) is 3.46. The Kier molecular flexibility index (Phi) is 3.58. The standard InChI is InChI=1S/C14H13NO2S/c1-9-3-4-10(2)12(7-9)14-15-8-11(18-14)5-6-13(16)17/h3-8H,1-2H3,(H,16,17)/b6-5+. The van der Waals surface area contributed by atoms with E-state index >= 15 is 0 Å². The van der Waals surface area contributed by atoms with Crippen LogP contribution in [-0.2, 0) is 4.79 Å². The van der Waals surface area contributed by atoms with Crippen molar-refractivity contribution in [2.75, 3.05) is 0 Å². The molecule has 3 nitrogen and oxygen atoms in total. The average molecular weight is 259 g/mol. The quantitative estimate of drug-likeness (QED) is 0.858. The van der Waals surface area contributed by atoms with Crippen LogP contribution in [0.25, 0.3) is 16.6 Å². The second kappa shape index (κ2) is 5.14. The number of hydrogen-bond donors (Lipinski definition) is 1. The van der Waals surface area contributed by atoms with Crippen molar-refractivity contribution in [1.29, 1.82) is 0 Å². The van der Waals surface area contributed by atoms with Crippen LogP contribution in [0.4, 0.5) is 0 Å². The van der Waals surface area contributed by atoms with Crippen molar-refractivity contribution in [3.8, 4) is 10.6 Å². The summed E-state index contributed by atoms with van der Waals surface area (Å²) in [6.45, 7) is 4.09. The van der Waals surface area contributed by atoms with Gasteiger partial charge in [0, 0.05) is 22.7 Å². The van der Waals surface area contributed by atoms with E-state index in [0.29, 0.717) is 0 Å². The third kappa shape index (κ3) is 2.84. The Bertz CT molecular complexity index is 614. The third-order valence-electron chi connectivity index (χ3n) is 2.54. The van der Waals surface area contributed by atoms with Crippen LogP contribution in [0.3, 0.4) is 0 Å². The highest BCUT2D eigenvalue weighted by Gasteiger charge is 2.06. The maximum atomic E-state index is 10.4. The van der Waals surface area contributed by atoms with Crippen molar-refractivity contribution in [2.24, 2.45) is 0 Å². The van der Waals surface area contributed by atoms with Crippen molar-refractivity contribution in [2.45, 2.75) is 13.8 Å². The summed E-state index contributed by atoms with van der Waals surface area (Å²) in [5.74, 6) is -0.948. The predicted octanol–water partition coefficient (Wildman–Crippen LogP) is 3.52. The molecule has 0 spiro atoms. The van der Waals surface area contributed by atoms with E-state index in [4.69, 9.17) is 5.11 Å². The summed E-state index contributed by atoms with van der Waals surface area (Å²) < 4.78 is 0. The van der Waals surface area contributed by atoms with Crippen LogP contribution in [0.15, 0.2) is 30.5 Å². The van der Waals surface area contributed by atoms with Crippen molar-refractivity contribution >= 4 is 23.4 Å². The summed E-state index contributed by atoms with van der Waals surface area (Å²) >= 11 is 1.49. The topological polar surface area (TPSA) is 50.2 Å². The molecule has 2 rings (SSSR count). The molecule has 0 atom stereocenters. The van der Waals surface area contributed by atoms with Crippen molar-refractivity contribution in [1.82, 2.24) is 4.98 Å². The van der Waals surface area contributed by atoms with Crippen LogP contribution in [0.2, 0.25) is 0 Å². The van der Waals surface area contributed by atoms with Crippen LogP contribution in [0.1, 0.15) is 16.0 Å². The highest BCUT2D eigenvalue weighted by molar-refractivity contribution is 7.15. The molecule has 18 heavy (non-hydrogen) atoms. The van der Waals surface area contributed by atoms with E-state index in [-0.39, 0.29) is 0 Å². The molecule has 0 aliphatic carbocycles. The summed E-state index contributed by atoms with van der Waals surface area (Å²) in [6, 6.07) is 6.23. The van der Waals surface area contributed by atoms with Gasteiger partial charge in [-0.05, 0) is 31.6 Å². The predicted molar refractivity (Wildman–Crippen MR) is 73.7 cm³/mol. The summed E-state index contributed by atoms with van der Waals surface area (Å²) in [6.07, 6.45) is 4.39. The van der Waals surface area contributed by atoms with E-state index in [2.05, 4.69) is 23.2 Å². The summed E-state index contributed by atoms with van der Waals surface area (Å²) in [5, 5.41) is 9.49. The molecule has 0 unspecified atom stereocenters. The van der Waals surface area contributed by atoms with Crippen molar-refractivity contribution in [3.05, 3.63) is 46.5 Å². The highest BCUT2D eigenvalue weighted by Crippen LogP contribution is 2.29. The van der Waals surface area contributed by atoms with Gasteiger partial charge in [0.05, 0.1) is 0 Å². The molecule has 0 aliphatic rings. The zero-order valence-electron chi connectivity index (χ0n) is 10.2. The fourth-order valence-electron chi connectivity index (χ4n) is 1.61. The SMILES string of the molecule is Cc1ccc(C)c(-c2ncc(/C=C/C(=O)O)s2)c1. The minimum absolute atomic E-state index is 0.841. The number of carboxylic acid groups (broad SMARTS) is 1. The van der Waals surface area contributed by atoms with Gasteiger partial charge in [-0.2, -0.15) is 0 Å². The van der Waals surface area contributed by atoms with Gasteiger partial charge in [0.15, 0.2) is 0 Å². The van der Waals surface area contributed by atoms with Crippen molar-refractivity contribution in [3.63, 3.8) is 0 Å². The second-order valence-electron chi connectivity index (χ2n) is 4.06. The Morgan fingerprint density at radius 3 is 2.89 bits per heavy atom. The molecular weight excluding hydrogens is 246 g/mol. The molecule has 92 valence electrons. The first-order valence-corrected chi connectivity index (χ1v) is 6.32. The lowest BCUT2D eigenvalue weighted by Gasteiger charge is -2.02. The average Bonchev–Trinajstić information content (AvgIpc) is 2.78. The number of hydrogen-bond acceptors (Lipinski definition) is 3. The molecule has 1 N–H and O–H groups in total. The maximum absolute atomic E-state index is 10.4. The van der Waals surface area contributed by atoms with Gasteiger partial charge in [0.25, 0.3) is 0 Å². The first-order chi connectivity index (χ1) is 8.56. The molecule has 0 saturated heterocycles. The molecule has 1 heterocycles. The number of benzene rings is 1. The molecule has 0 radical (unpaired) electrons. The smallest absolute Gasteiger partial charge is 0.328 e. The van der Waals surface area contributed by atoms with Crippen LogP contribution < -0.4 is 0 Å². The van der Waals surface area contributed by atoms with Gasteiger partial charge >= 0.3 is 5.97 Å². The molecule has 0 fully saturated rings. The number of aromatic nitrogens is 1. The number of nitrogens with zero attached hydrogens (tertiary/aromatic N) is 1. The molecule has 0 aliphatic heterocycles. The van der Waals surface area contributed by atoms with E-state index in [1.165, 1.54) is 22.5 Å². The van der Waals surface area contributed by atoms with Crippen LogP contribution in [-0.4, -0.2) is 16.1 Å². The molecule has 0 bridgehead atoms. The lowest BCUT2D eigenvalue weighted by Crippen LogP contribution is -1.84. The number of thiazole rings is 1. The fraction of sp³-hybridized carbons (Fsp3) is 0.143. The molecule has 0 amide bonds. The molecule has 1 aromatic heterocycles. The normalized spacial score (nSPS) is 11.0. The van der Waals surface area contributed by atoms with Gasteiger partial charge < -0.3 is 5.11 Å². The number of carbonyl (C=O) groups is 1. The van der Waals surface area contributed by atoms with Gasteiger partial charge in [-0.1, -0.05) is 17.7 Å². The van der Waals surface area contributed by atoms with E-state index in [0.717, 1.165) is 21.5 Å². The largest absolute Gasteiger partial charge is 0.478 e. The zero-order valence-corrected chi connectivity index (χ0v) is 11.0. The fourth-order valence-corrected chi connectivity index (χ4v) is 2.51. The minimum Gasteiger partial charge on any atom is -0.478 e. The Hall–Kier alpha value is -1.94. The lowest BCUT2D eigenvalue weighted by atomic mass is 10.1. The van der Waals surface area contributed by atoms with E-state index < -0.39 is 5.97 Å². The summed E-state index contributed by atoms with van der Waals surface area (Å²) in [7, 11) is 0. The van der Waals surface area contributed by atoms with Gasteiger partial charge in [-0.15, -0.1) is 11.3 Å². The Morgan fingerprint density at radius 2 is 2.17 bits per heavy atom. The van der Waals surface area contributed by atoms with Gasteiger partial charge in [-0.25, -0.2) is 9.78 Å². The van der Waals surface area contributed by atoms with Crippen molar-refractivity contribution < 1.29 is 9.90 Å². The Morgan fingerprint density at radius 1 is 1.39 bits per heavy atom. The monoisotopic (exact) mass is 259 g/mol. The third-order valence-corrected chi connectivity index (χ3v) is 3.53. The molecule has 2 aromatic rings. The van der Waals surface area contributed by atoms with Crippen LogP contribution in [0, 0.1) is 13.8 Å². The number of carboxylic acids is 1. The second-order valence-corrected chi connectivity index (χ2v) is 5.12. The minimum atomic E-state index is -0.948. The van der Waals surface area contributed by atoms with Gasteiger partial charge in [0.1, 0.15) is 5.01 Å². The zero-order chi connectivity index (χ0) is 13.1. The summed E-state index contributed by atoms with van der Waals surface area (Å²) in [4.78, 5) is 15.6. The molecule has 4 heteroatoms. The van der Waals surface area contributed by atoms with E-state index in [1.807, 2.05) is 13.8 Å². The van der Waals surface area contributed by atoms with Crippen LogP contribution in [0.5, 0.6) is 0 Å². The Labute approximate surface area is 109 Å². The molecule has 0 saturated carbocycles. The maximum Gasteiger partial charge on any atom is 0.328 e. The number of aliphatic carboxylic acids is 1. The van der Waals surface area contributed by atoms with E-state index in [1.54, 1.807) is 12.3 Å². The lowest BCUT2D eigenvalue weighted by molar-refractivity contribution is -0.131. The van der Waals surface area contributed by atoms with Crippen LogP contribution >= 0.6 is 11.3 Å². The first-order valence-electron chi connectivity index (χ1n) is 5.51. The number of rotatable bonds is 3. The number of aryl methyl sites for hydroxylation is 2. The molecule has 1 aromatic carbocycles. The first kappa shape index (κ1) is 12.5. The van der Waals surface area contributed by atoms with E-state index in [9.17, 15) is 4.79 Å². The van der Waals surface area contributed by atoms with Gasteiger partial charge in [0.2, 0.25) is 0 Å².